The largest absolute Gasteiger partial charge is 0.359 e. The van der Waals surface area contributed by atoms with Crippen LogP contribution in [0.15, 0.2) is 18.3 Å². The fraction of sp³-hybridized carbons (Fsp3) is 0.400. The molecule has 21 heavy (non-hydrogen) atoms. The van der Waals surface area contributed by atoms with E-state index < -0.39 is 5.41 Å². The van der Waals surface area contributed by atoms with E-state index in [-0.39, 0.29) is 30.6 Å². The average molecular weight is 288 g/mol. The van der Waals surface area contributed by atoms with Crippen LogP contribution in [0.2, 0.25) is 0 Å². The number of carbonyl (C=O) groups excluding carboxylic acids is 2. The van der Waals surface area contributed by atoms with Crippen LogP contribution in [0.3, 0.4) is 0 Å². The minimum absolute atomic E-state index is 0.136. The summed E-state index contributed by atoms with van der Waals surface area (Å²) < 4.78 is 0. The first-order chi connectivity index (χ1) is 9.90. The first kappa shape index (κ1) is 16.7. The topological polar surface area (TPSA) is 97.1 Å². The van der Waals surface area contributed by atoms with E-state index in [0.29, 0.717) is 5.56 Å². The lowest BCUT2D eigenvalue weighted by Crippen LogP contribution is -2.43. The molecule has 4 N–H and O–H groups in total. The van der Waals surface area contributed by atoms with E-state index in [1.165, 1.54) is 6.20 Å². The Labute approximate surface area is 124 Å². The highest BCUT2D eigenvalue weighted by molar-refractivity contribution is 5.93. The van der Waals surface area contributed by atoms with Gasteiger partial charge >= 0.3 is 0 Å². The molecule has 0 aliphatic rings. The molecule has 6 nitrogen and oxygen atoms in total. The minimum atomic E-state index is -0.684. The second-order valence-electron chi connectivity index (χ2n) is 5.08. The predicted octanol–water partition coefficient (Wildman–Crippen LogP) is -0.106. The van der Waals surface area contributed by atoms with Crippen molar-refractivity contribution in [2.75, 3.05) is 20.1 Å². The molecule has 0 fully saturated rings. The summed E-state index contributed by atoms with van der Waals surface area (Å²) in [4.78, 5) is 27.6. The molecule has 0 aromatic carbocycles. The summed E-state index contributed by atoms with van der Waals surface area (Å²) in [5.74, 6) is 5.07. The number of amides is 2. The van der Waals surface area contributed by atoms with Gasteiger partial charge in [0.1, 0.15) is 5.69 Å². The van der Waals surface area contributed by atoms with Crippen LogP contribution in [0.5, 0.6) is 0 Å². The van der Waals surface area contributed by atoms with Gasteiger partial charge in [-0.25, -0.2) is 4.98 Å². The quantitative estimate of drug-likeness (QED) is 0.674. The molecule has 112 valence electrons. The number of rotatable bonds is 4. The van der Waals surface area contributed by atoms with Crippen molar-refractivity contribution in [3.63, 3.8) is 0 Å². The lowest BCUT2D eigenvalue weighted by molar-refractivity contribution is -0.128. The third kappa shape index (κ3) is 4.89. The lowest BCUT2D eigenvalue weighted by atomic mass is 9.92. The van der Waals surface area contributed by atoms with Crippen molar-refractivity contribution in [1.29, 1.82) is 0 Å². The fourth-order valence-corrected chi connectivity index (χ4v) is 1.57. The summed E-state index contributed by atoms with van der Waals surface area (Å²) in [7, 11) is 1.56. The fourth-order valence-electron chi connectivity index (χ4n) is 1.57. The van der Waals surface area contributed by atoms with E-state index in [1.54, 1.807) is 33.0 Å². The van der Waals surface area contributed by atoms with Gasteiger partial charge in [0.25, 0.3) is 5.91 Å². The Morgan fingerprint density at radius 2 is 2.10 bits per heavy atom. The SMILES string of the molecule is CNC(=O)C(C)(C)CNC(=O)c1ccc(C#CCN)cn1. The van der Waals surface area contributed by atoms with Crippen molar-refractivity contribution in [2.45, 2.75) is 13.8 Å². The molecule has 0 radical (unpaired) electrons. The van der Waals surface area contributed by atoms with Crippen LogP contribution >= 0.6 is 0 Å². The van der Waals surface area contributed by atoms with Crippen LogP contribution in [0.4, 0.5) is 0 Å². The van der Waals surface area contributed by atoms with Gasteiger partial charge in [0.2, 0.25) is 5.91 Å². The molecule has 1 aromatic rings. The highest BCUT2D eigenvalue weighted by Crippen LogP contribution is 2.13. The first-order valence-electron chi connectivity index (χ1n) is 6.56. The first-order valence-corrected chi connectivity index (χ1v) is 6.56. The normalized spacial score (nSPS) is 10.3. The molecule has 0 aliphatic carbocycles. The van der Waals surface area contributed by atoms with Crippen molar-refractivity contribution >= 4 is 11.8 Å². The van der Waals surface area contributed by atoms with Crippen LogP contribution < -0.4 is 16.4 Å². The number of pyridine rings is 1. The van der Waals surface area contributed by atoms with Crippen molar-refractivity contribution in [1.82, 2.24) is 15.6 Å². The maximum absolute atomic E-state index is 12.0. The van der Waals surface area contributed by atoms with E-state index in [2.05, 4.69) is 27.5 Å². The van der Waals surface area contributed by atoms with E-state index in [9.17, 15) is 9.59 Å². The average Bonchev–Trinajstić information content (AvgIpc) is 2.50. The summed E-state index contributed by atoms with van der Waals surface area (Å²) in [6, 6.07) is 3.29. The molecule has 0 saturated carbocycles. The van der Waals surface area contributed by atoms with Crippen LogP contribution in [0.25, 0.3) is 0 Å². The highest BCUT2D eigenvalue weighted by atomic mass is 16.2. The van der Waals surface area contributed by atoms with Crippen LogP contribution in [0.1, 0.15) is 29.9 Å². The highest BCUT2D eigenvalue weighted by Gasteiger charge is 2.27. The Morgan fingerprint density at radius 1 is 1.38 bits per heavy atom. The molecular weight excluding hydrogens is 268 g/mol. The van der Waals surface area contributed by atoms with E-state index in [0.717, 1.165) is 0 Å². The second kappa shape index (κ2) is 7.41. The molecule has 0 bridgehead atoms. The van der Waals surface area contributed by atoms with Gasteiger partial charge < -0.3 is 16.4 Å². The Bertz CT molecular complexity index is 568. The number of nitrogens with one attached hydrogen (secondary N) is 2. The number of hydrogen-bond acceptors (Lipinski definition) is 4. The zero-order valence-corrected chi connectivity index (χ0v) is 12.5. The summed E-state index contributed by atoms with van der Waals surface area (Å²) in [5, 5.41) is 5.26. The third-order valence-electron chi connectivity index (χ3n) is 2.86. The zero-order valence-electron chi connectivity index (χ0n) is 12.5. The van der Waals surface area contributed by atoms with Gasteiger partial charge in [-0.1, -0.05) is 11.8 Å². The molecule has 1 rings (SSSR count). The number of nitrogens with two attached hydrogens (primary N) is 1. The second-order valence-corrected chi connectivity index (χ2v) is 5.08. The molecule has 1 heterocycles. The van der Waals surface area contributed by atoms with Crippen LogP contribution in [-0.2, 0) is 4.79 Å². The van der Waals surface area contributed by atoms with Crippen molar-refractivity contribution < 1.29 is 9.59 Å². The van der Waals surface area contributed by atoms with Crippen molar-refractivity contribution in [3.8, 4) is 11.8 Å². The molecule has 6 heteroatoms. The molecule has 1 aromatic heterocycles. The van der Waals surface area contributed by atoms with Crippen LogP contribution in [0, 0.1) is 17.3 Å². The predicted molar refractivity (Wildman–Crippen MR) is 80.4 cm³/mol. The monoisotopic (exact) mass is 288 g/mol. The summed E-state index contributed by atoms with van der Waals surface area (Å²) in [5.41, 5.74) is 5.57. The summed E-state index contributed by atoms with van der Waals surface area (Å²) >= 11 is 0. The van der Waals surface area contributed by atoms with E-state index in [4.69, 9.17) is 5.73 Å². The Balaban J connectivity index is 2.66. The van der Waals surface area contributed by atoms with Crippen molar-refractivity contribution in [3.05, 3.63) is 29.6 Å². The number of hydrogen-bond donors (Lipinski definition) is 3. The molecular formula is C15H20N4O2. The minimum Gasteiger partial charge on any atom is -0.359 e. The van der Waals surface area contributed by atoms with Gasteiger partial charge in [-0.2, -0.15) is 0 Å². The summed E-state index contributed by atoms with van der Waals surface area (Å²) in [6.45, 7) is 4.01. The smallest absolute Gasteiger partial charge is 0.269 e. The van der Waals surface area contributed by atoms with E-state index in [1.807, 2.05) is 0 Å². The van der Waals surface area contributed by atoms with Crippen molar-refractivity contribution in [2.24, 2.45) is 11.1 Å². The molecule has 0 saturated heterocycles. The van der Waals surface area contributed by atoms with Gasteiger partial charge in [0.05, 0.1) is 12.0 Å². The molecule has 0 aliphatic heterocycles. The molecule has 0 spiro atoms. The number of aromatic nitrogens is 1. The maximum Gasteiger partial charge on any atom is 0.269 e. The number of carbonyl (C=O) groups is 2. The zero-order chi connectivity index (χ0) is 15.9. The van der Waals surface area contributed by atoms with Gasteiger partial charge in [-0.05, 0) is 26.0 Å². The Hall–Kier alpha value is -2.39. The Kier molecular flexibility index (Phi) is 5.88. The van der Waals surface area contributed by atoms with Crippen LogP contribution in [-0.4, -0.2) is 36.9 Å². The summed E-state index contributed by atoms with van der Waals surface area (Å²) in [6.07, 6.45) is 1.52. The maximum atomic E-state index is 12.0. The van der Waals surface area contributed by atoms with Gasteiger partial charge in [0, 0.05) is 25.4 Å². The Morgan fingerprint density at radius 3 is 2.62 bits per heavy atom. The third-order valence-corrected chi connectivity index (χ3v) is 2.86. The molecule has 0 atom stereocenters. The number of nitrogens with zero attached hydrogens (tertiary/aromatic N) is 1. The molecule has 2 amide bonds. The standard InChI is InChI=1S/C15H20N4O2/c1-15(2,14(21)17-3)10-19-13(20)12-7-6-11(9-18-12)5-4-8-16/h6-7,9H,8,10,16H2,1-3H3,(H,17,21)(H,19,20). The lowest BCUT2D eigenvalue weighted by Gasteiger charge is -2.22. The van der Waals surface area contributed by atoms with Gasteiger partial charge in [-0.3, -0.25) is 9.59 Å². The van der Waals surface area contributed by atoms with Gasteiger partial charge in [-0.15, -0.1) is 0 Å². The molecule has 0 unspecified atom stereocenters. The van der Waals surface area contributed by atoms with E-state index >= 15 is 0 Å². The van der Waals surface area contributed by atoms with Gasteiger partial charge in [0.15, 0.2) is 0 Å².